The van der Waals surface area contributed by atoms with Crippen molar-refractivity contribution in [3.8, 4) is 0 Å². The zero-order valence-electron chi connectivity index (χ0n) is 14.0. The second-order valence-electron chi connectivity index (χ2n) is 6.16. The minimum absolute atomic E-state index is 0.240. The summed E-state index contributed by atoms with van der Waals surface area (Å²) in [5, 5.41) is 0. The van der Waals surface area contributed by atoms with Crippen LogP contribution in [0.25, 0.3) is 11.1 Å². The van der Waals surface area contributed by atoms with Crippen molar-refractivity contribution >= 4 is 11.1 Å². The fourth-order valence-corrected chi connectivity index (χ4v) is 3.68. The molecule has 0 radical (unpaired) electrons. The van der Waals surface area contributed by atoms with Gasteiger partial charge in [-0.15, -0.1) is 0 Å². The van der Waals surface area contributed by atoms with Crippen molar-refractivity contribution < 1.29 is 0 Å². The smallest absolute Gasteiger partial charge is 0.00488 e. The van der Waals surface area contributed by atoms with E-state index in [-0.39, 0.29) is 5.41 Å². The molecule has 1 aromatic rings. The van der Waals surface area contributed by atoms with Crippen LogP contribution in [0.3, 0.4) is 0 Å². The van der Waals surface area contributed by atoms with E-state index in [1.165, 1.54) is 47.1 Å². The molecule has 0 aromatic heterocycles. The number of fused-ring (bicyclic) bond motifs is 1. The van der Waals surface area contributed by atoms with Crippen molar-refractivity contribution in [1.82, 2.24) is 0 Å². The van der Waals surface area contributed by atoms with E-state index < -0.39 is 0 Å². The fourth-order valence-electron chi connectivity index (χ4n) is 3.68. The van der Waals surface area contributed by atoms with E-state index in [9.17, 15) is 0 Å². The monoisotopic (exact) mass is 280 g/mol. The van der Waals surface area contributed by atoms with E-state index in [0.717, 1.165) is 6.42 Å². The first-order valence-corrected chi connectivity index (χ1v) is 8.21. The minimum atomic E-state index is 0.240. The fraction of sp³-hybridized carbons (Fsp3) is 0.429. The Labute approximate surface area is 130 Å². The Hall–Kier alpha value is -1.56. The molecule has 0 saturated heterocycles. The van der Waals surface area contributed by atoms with Crippen molar-refractivity contribution in [2.45, 2.75) is 53.4 Å². The van der Waals surface area contributed by atoms with Gasteiger partial charge in [0, 0.05) is 0 Å². The van der Waals surface area contributed by atoms with Gasteiger partial charge in [-0.05, 0) is 72.8 Å². The third-order valence-electron chi connectivity index (χ3n) is 5.37. The lowest BCUT2D eigenvalue weighted by Crippen LogP contribution is -2.22. The van der Waals surface area contributed by atoms with E-state index in [0.29, 0.717) is 0 Å². The number of benzene rings is 1. The van der Waals surface area contributed by atoms with Gasteiger partial charge in [-0.25, -0.2) is 0 Å². The highest BCUT2D eigenvalue weighted by atomic mass is 14.4. The van der Waals surface area contributed by atoms with Crippen LogP contribution in [-0.4, -0.2) is 0 Å². The van der Waals surface area contributed by atoms with Crippen molar-refractivity contribution in [3.63, 3.8) is 0 Å². The van der Waals surface area contributed by atoms with Crippen LogP contribution in [0.5, 0.6) is 0 Å². The molecule has 0 N–H and O–H groups in total. The Morgan fingerprint density at radius 3 is 2.33 bits per heavy atom. The number of rotatable bonds is 3. The van der Waals surface area contributed by atoms with Gasteiger partial charge in [0.1, 0.15) is 0 Å². The third kappa shape index (κ3) is 2.77. The first kappa shape index (κ1) is 15.8. The standard InChI is InChI=1S/C21H28/c1-6-11-18-14-15-21(7-2,8-3)17(5)20-13-10-9-12-19(20)16(18)4/h6,9-13H,5,7-8,14-15H2,1-4H3. The van der Waals surface area contributed by atoms with Crippen LogP contribution in [-0.2, 0) is 0 Å². The summed E-state index contributed by atoms with van der Waals surface area (Å²) in [5.74, 6) is 0. The van der Waals surface area contributed by atoms with Crippen molar-refractivity contribution in [3.05, 3.63) is 59.7 Å². The highest BCUT2D eigenvalue weighted by Gasteiger charge is 2.32. The molecule has 0 unspecified atom stereocenters. The topological polar surface area (TPSA) is 0 Å². The number of allylic oxidation sites excluding steroid dienone is 5. The van der Waals surface area contributed by atoms with Crippen molar-refractivity contribution in [1.29, 1.82) is 0 Å². The first-order chi connectivity index (χ1) is 10.1. The van der Waals surface area contributed by atoms with Crippen LogP contribution in [0.2, 0.25) is 0 Å². The van der Waals surface area contributed by atoms with Crippen molar-refractivity contribution in [2.24, 2.45) is 5.41 Å². The third-order valence-corrected chi connectivity index (χ3v) is 5.37. The van der Waals surface area contributed by atoms with Crippen LogP contribution < -0.4 is 0 Å². The van der Waals surface area contributed by atoms with Gasteiger partial charge in [0.2, 0.25) is 0 Å². The molecule has 0 bridgehead atoms. The normalized spacial score (nSPS) is 18.6. The van der Waals surface area contributed by atoms with Gasteiger partial charge in [0.15, 0.2) is 0 Å². The van der Waals surface area contributed by atoms with Crippen LogP contribution in [0, 0.1) is 5.41 Å². The molecule has 21 heavy (non-hydrogen) atoms. The van der Waals surface area contributed by atoms with Gasteiger partial charge in [-0.3, -0.25) is 0 Å². The van der Waals surface area contributed by atoms with Crippen LogP contribution in [0.1, 0.15) is 64.5 Å². The molecule has 0 heteroatoms. The lowest BCUT2D eigenvalue weighted by Gasteiger charge is -2.37. The van der Waals surface area contributed by atoms with Crippen molar-refractivity contribution in [2.75, 3.05) is 0 Å². The molecule has 112 valence electrons. The molecule has 0 fully saturated rings. The molecule has 0 saturated carbocycles. The van der Waals surface area contributed by atoms with Crippen LogP contribution in [0.4, 0.5) is 0 Å². The van der Waals surface area contributed by atoms with E-state index in [1.54, 1.807) is 0 Å². The van der Waals surface area contributed by atoms with Crippen LogP contribution in [0.15, 0.2) is 48.6 Å². The summed E-state index contributed by atoms with van der Waals surface area (Å²) in [6.07, 6.45) is 9.13. The molecule has 1 aromatic carbocycles. The Morgan fingerprint density at radius 2 is 1.76 bits per heavy atom. The van der Waals surface area contributed by atoms with E-state index in [1.807, 2.05) is 0 Å². The molecular weight excluding hydrogens is 252 g/mol. The highest BCUT2D eigenvalue weighted by molar-refractivity contribution is 5.83. The minimum Gasteiger partial charge on any atom is -0.0946 e. The number of hydrogen-bond acceptors (Lipinski definition) is 0. The molecule has 1 aliphatic rings. The largest absolute Gasteiger partial charge is 0.0946 e. The molecule has 0 nitrogen and oxygen atoms in total. The Bertz CT molecular complexity index is 580. The Balaban J connectivity index is 2.69. The summed E-state index contributed by atoms with van der Waals surface area (Å²) in [6.45, 7) is 13.5. The zero-order chi connectivity index (χ0) is 15.5. The van der Waals surface area contributed by atoms with Crippen LogP contribution >= 0.6 is 0 Å². The van der Waals surface area contributed by atoms with E-state index in [2.05, 4.69) is 70.7 Å². The second kappa shape index (κ2) is 6.47. The predicted molar refractivity (Wildman–Crippen MR) is 95.1 cm³/mol. The number of hydrogen-bond donors (Lipinski definition) is 0. The maximum absolute atomic E-state index is 4.52. The van der Waals surface area contributed by atoms with Gasteiger partial charge in [-0.1, -0.05) is 56.8 Å². The summed E-state index contributed by atoms with van der Waals surface area (Å²) >= 11 is 0. The predicted octanol–water partition coefficient (Wildman–Crippen LogP) is 6.65. The summed E-state index contributed by atoms with van der Waals surface area (Å²) in [7, 11) is 0. The zero-order valence-corrected chi connectivity index (χ0v) is 14.0. The lowest BCUT2D eigenvalue weighted by molar-refractivity contribution is 0.341. The molecular formula is C21H28. The highest BCUT2D eigenvalue weighted by Crippen LogP contribution is 2.48. The summed E-state index contributed by atoms with van der Waals surface area (Å²) in [4.78, 5) is 0. The van der Waals surface area contributed by atoms with Gasteiger partial charge >= 0.3 is 0 Å². The first-order valence-electron chi connectivity index (χ1n) is 8.21. The second-order valence-corrected chi connectivity index (χ2v) is 6.16. The van der Waals surface area contributed by atoms with Gasteiger partial charge in [-0.2, -0.15) is 0 Å². The molecule has 0 atom stereocenters. The molecule has 1 aliphatic carbocycles. The molecule has 0 heterocycles. The molecule has 0 amide bonds. The summed E-state index contributed by atoms with van der Waals surface area (Å²) in [5.41, 5.74) is 7.17. The quantitative estimate of drug-likeness (QED) is 0.581. The SMILES string of the molecule is C=C1c2ccccc2C(C)=C(C=CC)CCC1(CC)CC. The maximum atomic E-state index is 4.52. The average molecular weight is 280 g/mol. The molecule has 2 rings (SSSR count). The van der Waals surface area contributed by atoms with Gasteiger partial charge in [0.05, 0.1) is 0 Å². The van der Waals surface area contributed by atoms with Gasteiger partial charge < -0.3 is 0 Å². The molecule has 0 spiro atoms. The van der Waals surface area contributed by atoms with E-state index in [4.69, 9.17) is 0 Å². The Kier molecular flexibility index (Phi) is 4.88. The van der Waals surface area contributed by atoms with Gasteiger partial charge in [0.25, 0.3) is 0 Å². The maximum Gasteiger partial charge on any atom is -0.00488 e. The summed E-state index contributed by atoms with van der Waals surface area (Å²) in [6, 6.07) is 8.79. The summed E-state index contributed by atoms with van der Waals surface area (Å²) < 4.78 is 0. The van der Waals surface area contributed by atoms with E-state index >= 15 is 0 Å². The molecule has 0 aliphatic heterocycles. The Morgan fingerprint density at radius 1 is 1.14 bits per heavy atom. The lowest BCUT2D eigenvalue weighted by atomic mass is 9.67. The average Bonchev–Trinajstić information content (AvgIpc) is 2.53.